The Hall–Kier alpha value is -2.48. The van der Waals surface area contributed by atoms with Gasteiger partial charge >= 0.3 is 6.03 Å². The maximum atomic E-state index is 13.5. The lowest BCUT2D eigenvalue weighted by Gasteiger charge is -2.14. The minimum atomic E-state index is -1.09. The van der Waals surface area contributed by atoms with Gasteiger partial charge in [0.25, 0.3) is 0 Å². The topological polar surface area (TPSA) is 92.1 Å². The number of carbonyl (C=O) groups excluding carboxylic acids is 1. The van der Waals surface area contributed by atoms with Gasteiger partial charge in [0.15, 0.2) is 0 Å². The molecule has 1 aromatic carbocycles. The lowest BCUT2D eigenvalue weighted by molar-refractivity contribution is 0.169. The van der Waals surface area contributed by atoms with Crippen molar-refractivity contribution in [2.24, 2.45) is 0 Å². The van der Waals surface area contributed by atoms with Crippen LogP contribution in [0, 0.1) is 5.82 Å². The Bertz CT molecular complexity index is 646. The third kappa shape index (κ3) is 4.75. The fraction of sp³-hybridized carbons (Fsp3) is 0.400. The normalized spacial score (nSPS) is 12.0. The van der Waals surface area contributed by atoms with Gasteiger partial charge in [-0.2, -0.15) is 0 Å². The van der Waals surface area contributed by atoms with E-state index in [1.165, 1.54) is 12.1 Å². The highest BCUT2D eigenvalue weighted by atomic mass is 19.1. The molecular formula is C15H20FN5O2. The fourth-order valence-corrected chi connectivity index (χ4v) is 2.14. The third-order valence-corrected chi connectivity index (χ3v) is 3.37. The summed E-state index contributed by atoms with van der Waals surface area (Å²) < 4.78 is 15.3. The first-order valence-electron chi connectivity index (χ1n) is 7.42. The van der Waals surface area contributed by atoms with Gasteiger partial charge in [-0.15, -0.1) is 10.2 Å². The number of aryl methyl sites for hydroxylation is 1. The summed E-state index contributed by atoms with van der Waals surface area (Å²) in [6.07, 6.45) is 1.29. The fourth-order valence-electron chi connectivity index (χ4n) is 2.14. The monoisotopic (exact) mass is 321 g/mol. The van der Waals surface area contributed by atoms with E-state index in [9.17, 15) is 14.3 Å². The number of hydrogen-bond donors (Lipinski definition) is 3. The van der Waals surface area contributed by atoms with Crippen LogP contribution in [0.3, 0.4) is 0 Å². The summed E-state index contributed by atoms with van der Waals surface area (Å²) in [5.74, 6) is 0.351. The number of benzene rings is 1. The first-order chi connectivity index (χ1) is 11.1. The second-order valence-corrected chi connectivity index (χ2v) is 4.97. The molecule has 0 aliphatic rings. The number of aliphatic hydroxyl groups is 1. The second kappa shape index (κ2) is 8.23. The van der Waals surface area contributed by atoms with Gasteiger partial charge in [-0.1, -0.05) is 25.1 Å². The number of aliphatic hydroxyl groups excluding tert-OH is 1. The Morgan fingerprint density at radius 3 is 2.91 bits per heavy atom. The molecule has 2 amide bonds. The standard InChI is InChI=1S/C15H20FN5O2/c1-2-14-20-19-10-21(14)8-7-17-15(23)18-9-13(22)11-5-3-4-6-12(11)16/h3-6,10,13,22H,2,7-9H2,1H3,(H2,17,18,23). The molecule has 1 atom stereocenters. The number of hydrogen-bond acceptors (Lipinski definition) is 4. The number of nitrogens with zero attached hydrogens (tertiary/aromatic N) is 3. The molecular weight excluding hydrogens is 301 g/mol. The molecule has 1 heterocycles. The van der Waals surface area contributed by atoms with E-state index < -0.39 is 18.0 Å². The van der Waals surface area contributed by atoms with Crippen molar-refractivity contribution >= 4 is 6.03 Å². The first-order valence-corrected chi connectivity index (χ1v) is 7.42. The van der Waals surface area contributed by atoms with Gasteiger partial charge in [-0.05, 0) is 6.07 Å². The van der Waals surface area contributed by atoms with E-state index in [-0.39, 0.29) is 12.1 Å². The highest BCUT2D eigenvalue weighted by Gasteiger charge is 2.13. The van der Waals surface area contributed by atoms with E-state index in [0.29, 0.717) is 13.1 Å². The maximum absolute atomic E-state index is 13.5. The molecule has 7 nitrogen and oxygen atoms in total. The van der Waals surface area contributed by atoms with Crippen LogP contribution in [0.5, 0.6) is 0 Å². The Kier molecular flexibility index (Phi) is 6.04. The van der Waals surface area contributed by atoms with Crippen LogP contribution in [0.25, 0.3) is 0 Å². The third-order valence-electron chi connectivity index (χ3n) is 3.37. The molecule has 0 saturated carbocycles. The number of carbonyl (C=O) groups is 1. The van der Waals surface area contributed by atoms with Gasteiger partial charge in [0.2, 0.25) is 0 Å². The zero-order valence-electron chi connectivity index (χ0n) is 12.9. The molecule has 1 unspecified atom stereocenters. The Labute approximate surface area is 133 Å². The van der Waals surface area contributed by atoms with Crippen LogP contribution in [0.15, 0.2) is 30.6 Å². The molecule has 0 radical (unpaired) electrons. The Morgan fingerprint density at radius 1 is 1.39 bits per heavy atom. The highest BCUT2D eigenvalue weighted by molar-refractivity contribution is 5.73. The highest BCUT2D eigenvalue weighted by Crippen LogP contribution is 2.15. The van der Waals surface area contributed by atoms with Gasteiger partial charge < -0.3 is 20.3 Å². The average molecular weight is 321 g/mol. The van der Waals surface area contributed by atoms with E-state index in [0.717, 1.165) is 12.2 Å². The van der Waals surface area contributed by atoms with E-state index >= 15 is 0 Å². The average Bonchev–Trinajstić information content (AvgIpc) is 3.00. The summed E-state index contributed by atoms with van der Waals surface area (Å²) in [5.41, 5.74) is 0.157. The van der Waals surface area contributed by atoms with Crippen LogP contribution in [0.1, 0.15) is 24.4 Å². The molecule has 124 valence electrons. The summed E-state index contributed by atoms with van der Waals surface area (Å²) in [6, 6.07) is 5.50. The van der Waals surface area contributed by atoms with Crippen LogP contribution in [-0.4, -0.2) is 39.0 Å². The van der Waals surface area contributed by atoms with Crippen LogP contribution in [0.4, 0.5) is 9.18 Å². The first kappa shape index (κ1) is 16.9. The minimum Gasteiger partial charge on any atom is -0.386 e. The SMILES string of the molecule is CCc1nncn1CCNC(=O)NCC(O)c1ccccc1F. The summed E-state index contributed by atoms with van der Waals surface area (Å²) in [6.45, 7) is 2.86. The lowest BCUT2D eigenvalue weighted by Crippen LogP contribution is -2.39. The maximum Gasteiger partial charge on any atom is 0.314 e. The quantitative estimate of drug-likeness (QED) is 0.710. The van der Waals surface area contributed by atoms with Crippen LogP contribution in [-0.2, 0) is 13.0 Å². The van der Waals surface area contributed by atoms with Crippen molar-refractivity contribution in [2.45, 2.75) is 26.0 Å². The van der Waals surface area contributed by atoms with Crippen molar-refractivity contribution in [3.8, 4) is 0 Å². The van der Waals surface area contributed by atoms with Crippen molar-refractivity contribution in [1.82, 2.24) is 25.4 Å². The Balaban J connectivity index is 1.72. The molecule has 2 aromatic rings. The minimum absolute atomic E-state index is 0.0698. The van der Waals surface area contributed by atoms with E-state index in [1.807, 2.05) is 11.5 Å². The van der Waals surface area contributed by atoms with Gasteiger partial charge in [0, 0.05) is 31.6 Å². The Morgan fingerprint density at radius 2 is 2.17 bits per heavy atom. The molecule has 2 rings (SSSR count). The molecule has 8 heteroatoms. The van der Waals surface area contributed by atoms with Crippen LogP contribution >= 0.6 is 0 Å². The predicted octanol–water partition coefficient (Wildman–Crippen LogP) is 1.01. The van der Waals surface area contributed by atoms with E-state index in [1.54, 1.807) is 18.5 Å². The van der Waals surface area contributed by atoms with E-state index in [2.05, 4.69) is 20.8 Å². The lowest BCUT2D eigenvalue weighted by atomic mass is 10.1. The van der Waals surface area contributed by atoms with Gasteiger partial charge in [0.05, 0.1) is 6.10 Å². The molecule has 0 fully saturated rings. The summed E-state index contributed by atoms with van der Waals surface area (Å²) in [7, 11) is 0. The van der Waals surface area contributed by atoms with E-state index in [4.69, 9.17) is 0 Å². The number of amides is 2. The summed E-state index contributed by atoms with van der Waals surface area (Å²) in [4.78, 5) is 11.7. The number of urea groups is 1. The molecule has 23 heavy (non-hydrogen) atoms. The summed E-state index contributed by atoms with van der Waals surface area (Å²) in [5, 5.41) is 22.8. The molecule has 3 N–H and O–H groups in total. The number of halogens is 1. The molecule has 0 bridgehead atoms. The molecule has 0 aliphatic heterocycles. The zero-order chi connectivity index (χ0) is 16.7. The number of aromatic nitrogens is 3. The van der Waals surface area contributed by atoms with Gasteiger partial charge in [-0.3, -0.25) is 0 Å². The molecule has 0 saturated heterocycles. The molecule has 1 aromatic heterocycles. The largest absolute Gasteiger partial charge is 0.386 e. The molecule has 0 aliphatic carbocycles. The second-order valence-electron chi connectivity index (χ2n) is 4.97. The van der Waals surface area contributed by atoms with Crippen molar-refractivity contribution in [3.05, 3.63) is 47.8 Å². The van der Waals surface area contributed by atoms with Gasteiger partial charge in [-0.25, -0.2) is 9.18 Å². The van der Waals surface area contributed by atoms with Gasteiger partial charge in [0.1, 0.15) is 18.0 Å². The summed E-state index contributed by atoms with van der Waals surface area (Å²) >= 11 is 0. The number of nitrogens with one attached hydrogen (secondary N) is 2. The van der Waals surface area contributed by atoms with Crippen molar-refractivity contribution in [2.75, 3.05) is 13.1 Å². The number of rotatable bonds is 7. The van der Waals surface area contributed by atoms with Crippen molar-refractivity contribution in [1.29, 1.82) is 0 Å². The smallest absolute Gasteiger partial charge is 0.314 e. The van der Waals surface area contributed by atoms with Crippen LogP contribution < -0.4 is 10.6 Å². The van der Waals surface area contributed by atoms with Crippen molar-refractivity contribution in [3.63, 3.8) is 0 Å². The van der Waals surface area contributed by atoms with Crippen molar-refractivity contribution < 1.29 is 14.3 Å². The predicted molar refractivity (Wildman–Crippen MR) is 82.2 cm³/mol. The van der Waals surface area contributed by atoms with Crippen LogP contribution in [0.2, 0.25) is 0 Å². The molecule has 0 spiro atoms. The zero-order valence-corrected chi connectivity index (χ0v) is 12.9.